The molecule has 1 saturated carbocycles. The molecule has 4 nitrogen and oxygen atoms in total. The van der Waals surface area contributed by atoms with Crippen molar-refractivity contribution in [3.8, 4) is 0 Å². The van der Waals surface area contributed by atoms with Gasteiger partial charge in [0.25, 0.3) is 5.92 Å². The van der Waals surface area contributed by atoms with Crippen molar-refractivity contribution in [2.75, 3.05) is 0 Å². The SMILES string of the molecule is NC1[C@H](NC(=O)O)CCCC1(F)F. The molecule has 1 amide bonds. The molecule has 13 heavy (non-hydrogen) atoms. The molecule has 0 bridgehead atoms. The number of carboxylic acid groups (broad SMARTS) is 1. The molecule has 0 aromatic heterocycles. The maximum atomic E-state index is 12.9. The molecule has 1 aliphatic carbocycles. The predicted molar refractivity (Wildman–Crippen MR) is 41.7 cm³/mol. The second-order valence-corrected chi connectivity index (χ2v) is 3.24. The van der Waals surface area contributed by atoms with E-state index in [9.17, 15) is 13.6 Å². The first-order valence-electron chi connectivity index (χ1n) is 4.06. The van der Waals surface area contributed by atoms with Gasteiger partial charge < -0.3 is 16.2 Å². The molecule has 0 aliphatic heterocycles. The average molecular weight is 194 g/mol. The Morgan fingerprint density at radius 2 is 2.23 bits per heavy atom. The summed E-state index contributed by atoms with van der Waals surface area (Å²) < 4.78 is 25.9. The van der Waals surface area contributed by atoms with Gasteiger partial charge in [-0.05, 0) is 12.8 Å². The summed E-state index contributed by atoms with van der Waals surface area (Å²) in [7, 11) is 0. The van der Waals surface area contributed by atoms with Gasteiger partial charge in [-0.1, -0.05) is 0 Å². The Hall–Kier alpha value is -0.910. The van der Waals surface area contributed by atoms with Gasteiger partial charge in [0.05, 0.1) is 12.1 Å². The minimum absolute atomic E-state index is 0.258. The molecule has 76 valence electrons. The molecule has 0 heterocycles. The number of hydrogen-bond acceptors (Lipinski definition) is 2. The molecule has 0 spiro atoms. The number of amides is 1. The summed E-state index contributed by atoms with van der Waals surface area (Å²) in [4.78, 5) is 10.2. The Balaban J connectivity index is 2.60. The van der Waals surface area contributed by atoms with Gasteiger partial charge in [0.15, 0.2) is 0 Å². The van der Waals surface area contributed by atoms with Crippen LogP contribution in [0.2, 0.25) is 0 Å². The fourth-order valence-electron chi connectivity index (χ4n) is 1.52. The van der Waals surface area contributed by atoms with Crippen LogP contribution in [-0.4, -0.2) is 29.2 Å². The molecule has 1 aliphatic rings. The molecule has 0 aromatic carbocycles. The molecule has 0 saturated heterocycles. The number of rotatable bonds is 1. The molecule has 1 rings (SSSR count). The van der Waals surface area contributed by atoms with Gasteiger partial charge in [0.2, 0.25) is 0 Å². The highest BCUT2D eigenvalue weighted by atomic mass is 19.3. The van der Waals surface area contributed by atoms with Crippen LogP contribution < -0.4 is 11.1 Å². The van der Waals surface area contributed by atoms with Crippen molar-refractivity contribution in [3.05, 3.63) is 0 Å². The lowest BCUT2D eigenvalue weighted by Crippen LogP contribution is -2.58. The summed E-state index contributed by atoms with van der Waals surface area (Å²) >= 11 is 0. The van der Waals surface area contributed by atoms with Gasteiger partial charge >= 0.3 is 6.09 Å². The Bertz CT molecular complexity index is 211. The molecular weight excluding hydrogens is 182 g/mol. The van der Waals surface area contributed by atoms with E-state index in [1.54, 1.807) is 0 Å². The number of carbonyl (C=O) groups is 1. The monoisotopic (exact) mass is 194 g/mol. The van der Waals surface area contributed by atoms with Crippen molar-refractivity contribution in [2.45, 2.75) is 37.3 Å². The van der Waals surface area contributed by atoms with Crippen LogP contribution in [0.3, 0.4) is 0 Å². The van der Waals surface area contributed by atoms with Crippen LogP contribution in [-0.2, 0) is 0 Å². The minimum atomic E-state index is -2.95. The number of alkyl halides is 2. The fourth-order valence-corrected chi connectivity index (χ4v) is 1.52. The molecule has 0 radical (unpaired) electrons. The topological polar surface area (TPSA) is 75.3 Å². The van der Waals surface area contributed by atoms with Gasteiger partial charge in [-0.25, -0.2) is 13.6 Å². The number of nitrogens with two attached hydrogens (primary N) is 1. The Kier molecular flexibility index (Phi) is 2.70. The van der Waals surface area contributed by atoms with E-state index in [2.05, 4.69) is 0 Å². The van der Waals surface area contributed by atoms with E-state index in [0.717, 1.165) is 0 Å². The van der Waals surface area contributed by atoms with Crippen LogP contribution in [0.15, 0.2) is 0 Å². The van der Waals surface area contributed by atoms with E-state index in [-0.39, 0.29) is 6.42 Å². The summed E-state index contributed by atoms with van der Waals surface area (Å²) in [6.45, 7) is 0. The van der Waals surface area contributed by atoms with E-state index in [4.69, 9.17) is 10.8 Å². The van der Waals surface area contributed by atoms with Crippen LogP contribution in [0.5, 0.6) is 0 Å². The summed E-state index contributed by atoms with van der Waals surface area (Å²) in [5.41, 5.74) is 5.23. The quantitative estimate of drug-likeness (QED) is 0.577. The normalized spacial score (nSPS) is 32.5. The van der Waals surface area contributed by atoms with Crippen LogP contribution in [0.1, 0.15) is 19.3 Å². The standard InChI is InChI=1S/C7H12F2N2O2/c8-7(9)3-1-2-4(5(7)10)11-6(12)13/h4-5,11H,1-3,10H2,(H,12,13)/t4-,5?/m1/s1. The predicted octanol–water partition coefficient (Wildman–Crippen LogP) is 0.769. The average Bonchev–Trinajstić information content (AvgIpc) is 1.98. The smallest absolute Gasteiger partial charge is 0.404 e. The lowest BCUT2D eigenvalue weighted by atomic mass is 9.88. The van der Waals surface area contributed by atoms with Crippen molar-refractivity contribution in [1.82, 2.24) is 5.32 Å². The highest BCUT2D eigenvalue weighted by Crippen LogP contribution is 2.32. The lowest BCUT2D eigenvalue weighted by molar-refractivity contribution is -0.0615. The van der Waals surface area contributed by atoms with E-state index in [1.165, 1.54) is 0 Å². The zero-order valence-electron chi connectivity index (χ0n) is 6.96. The van der Waals surface area contributed by atoms with Gasteiger partial charge in [0, 0.05) is 6.42 Å². The summed E-state index contributed by atoms with van der Waals surface area (Å²) in [6, 6.07) is -2.24. The molecular formula is C7H12F2N2O2. The summed E-state index contributed by atoms with van der Waals surface area (Å²) in [5, 5.41) is 10.3. The zero-order chi connectivity index (χ0) is 10.1. The first kappa shape index (κ1) is 10.2. The zero-order valence-corrected chi connectivity index (χ0v) is 6.96. The van der Waals surface area contributed by atoms with Crippen LogP contribution in [0.25, 0.3) is 0 Å². The second kappa shape index (κ2) is 3.45. The molecule has 0 aromatic rings. The number of nitrogens with one attached hydrogen (secondary N) is 1. The second-order valence-electron chi connectivity index (χ2n) is 3.24. The van der Waals surface area contributed by atoms with Crippen molar-refractivity contribution >= 4 is 6.09 Å². The third-order valence-electron chi connectivity index (χ3n) is 2.26. The molecule has 1 unspecified atom stereocenters. The summed E-state index contributed by atoms with van der Waals surface area (Å²) in [5.74, 6) is -2.95. The van der Waals surface area contributed by atoms with Crippen molar-refractivity contribution in [1.29, 1.82) is 0 Å². The third kappa shape index (κ3) is 2.27. The summed E-state index contributed by atoms with van der Waals surface area (Å²) in [6.07, 6.45) is -0.890. The van der Waals surface area contributed by atoms with Gasteiger partial charge in [-0.2, -0.15) is 0 Å². The first-order valence-corrected chi connectivity index (χ1v) is 4.06. The van der Waals surface area contributed by atoms with Crippen LogP contribution >= 0.6 is 0 Å². The molecule has 4 N–H and O–H groups in total. The van der Waals surface area contributed by atoms with Gasteiger partial charge in [0.1, 0.15) is 0 Å². The van der Waals surface area contributed by atoms with Crippen LogP contribution in [0, 0.1) is 0 Å². The van der Waals surface area contributed by atoms with Crippen molar-refractivity contribution in [3.63, 3.8) is 0 Å². The molecule has 6 heteroatoms. The van der Waals surface area contributed by atoms with E-state index in [1.807, 2.05) is 5.32 Å². The number of hydrogen-bond donors (Lipinski definition) is 3. The number of halogens is 2. The molecule has 1 fully saturated rings. The van der Waals surface area contributed by atoms with Gasteiger partial charge in [-0.15, -0.1) is 0 Å². The maximum absolute atomic E-state index is 12.9. The fraction of sp³-hybridized carbons (Fsp3) is 0.857. The lowest BCUT2D eigenvalue weighted by Gasteiger charge is -2.35. The van der Waals surface area contributed by atoms with Crippen molar-refractivity contribution < 1.29 is 18.7 Å². The Morgan fingerprint density at radius 1 is 1.62 bits per heavy atom. The first-order chi connectivity index (χ1) is 5.93. The van der Waals surface area contributed by atoms with Crippen molar-refractivity contribution in [2.24, 2.45) is 5.73 Å². The van der Waals surface area contributed by atoms with E-state index < -0.39 is 24.1 Å². The molecule has 2 atom stereocenters. The van der Waals surface area contributed by atoms with Gasteiger partial charge in [-0.3, -0.25) is 0 Å². The largest absolute Gasteiger partial charge is 0.465 e. The maximum Gasteiger partial charge on any atom is 0.404 e. The van der Waals surface area contributed by atoms with Crippen LogP contribution in [0.4, 0.5) is 13.6 Å². The third-order valence-corrected chi connectivity index (χ3v) is 2.26. The minimum Gasteiger partial charge on any atom is -0.465 e. The highest BCUT2D eigenvalue weighted by Gasteiger charge is 2.45. The Morgan fingerprint density at radius 3 is 2.77 bits per heavy atom. The van der Waals surface area contributed by atoms with E-state index in [0.29, 0.717) is 12.8 Å². The van der Waals surface area contributed by atoms with E-state index >= 15 is 0 Å². The highest BCUT2D eigenvalue weighted by molar-refractivity contribution is 5.65. The Labute approximate surface area is 74.1 Å².